The SMILES string of the molecule is C/C=C\[C@H](C)[C@H]1OC1(C)[C@@H](O[Si](C)(C)C(C)(C)C)[C@@H](CO[Si](C)(C)C(C)(C)C)C(=O)[C@H](CO[Si](C)(C)C(C)(C)C)[C@@H](CC(=O)N(C)OC)O[Si](C)(C)C(C)(C)C. The van der Waals surface area contributed by atoms with Gasteiger partial charge in [0.1, 0.15) is 11.4 Å². The van der Waals surface area contributed by atoms with Gasteiger partial charge in [-0.1, -0.05) is 102 Å². The summed E-state index contributed by atoms with van der Waals surface area (Å²) in [5.74, 6) is -1.72. The molecule has 330 valence electrons. The molecule has 1 amide bonds. The third-order valence-electron chi connectivity index (χ3n) is 14.3. The fourth-order valence-corrected chi connectivity index (χ4v) is 10.6. The Hall–Kier alpha value is -0.492. The number of nitrogens with zero attached hydrogens (tertiary/aromatic N) is 1. The number of rotatable bonds is 20. The lowest BCUT2D eigenvalue weighted by atomic mass is 9.79. The Kier molecular flexibility index (Phi) is 17.8. The van der Waals surface area contributed by atoms with Crippen LogP contribution in [-0.2, 0) is 36.9 Å². The summed E-state index contributed by atoms with van der Waals surface area (Å²) in [4.78, 5) is 35.4. The predicted molar refractivity (Wildman–Crippen MR) is 244 cm³/mol. The third-order valence-corrected chi connectivity index (χ3v) is 32.3. The zero-order valence-electron chi connectivity index (χ0n) is 41.0. The van der Waals surface area contributed by atoms with Crippen LogP contribution in [0.4, 0.5) is 0 Å². The molecule has 0 bridgehead atoms. The first-order chi connectivity index (χ1) is 24.7. The first-order valence-corrected chi connectivity index (χ1v) is 32.7. The molecule has 7 atom stereocenters. The zero-order valence-corrected chi connectivity index (χ0v) is 45.0. The van der Waals surface area contributed by atoms with Gasteiger partial charge in [-0.2, -0.15) is 0 Å². The summed E-state index contributed by atoms with van der Waals surface area (Å²) >= 11 is 0. The highest BCUT2D eigenvalue weighted by Crippen LogP contribution is 2.52. The van der Waals surface area contributed by atoms with E-state index in [4.69, 9.17) is 27.3 Å². The molecule has 0 radical (unpaired) electrons. The van der Waals surface area contributed by atoms with E-state index in [2.05, 4.69) is 161 Å². The molecule has 1 aliphatic rings. The topological polar surface area (TPSA) is 96.1 Å². The van der Waals surface area contributed by atoms with Crippen LogP contribution >= 0.6 is 0 Å². The maximum absolute atomic E-state index is 16.1. The number of hydrogen-bond donors (Lipinski definition) is 0. The third kappa shape index (κ3) is 13.3. The molecule has 0 saturated carbocycles. The van der Waals surface area contributed by atoms with Crippen molar-refractivity contribution in [3.05, 3.63) is 12.2 Å². The molecule has 13 heteroatoms. The largest absolute Gasteiger partial charge is 0.416 e. The van der Waals surface area contributed by atoms with Gasteiger partial charge in [0, 0.05) is 26.2 Å². The molecule has 0 aliphatic carbocycles. The number of ether oxygens (including phenoxy) is 1. The van der Waals surface area contributed by atoms with Gasteiger partial charge in [-0.05, 0) is 86.4 Å². The summed E-state index contributed by atoms with van der Waals surface area (Å²) in [5.41, 5.74) is -0.752. The molecule has 1 unspecified atom stereocenters. The number of carbonyl (C=O) groups excluding carboxylic acids is 2. The fourth-order valence-electron chi connectivity index (χ4n) is 5.81. The molecule has 56 heavy (non-hydrogen) atoms. The highest BCUT2D eigenvalue weighted by Gasteiger charge is 2.65. The lowest BCUT2D eigenvalue weighted by Crippen LogP contribution is -2.57. The van der Waals surface area contributed by atoms with E-state index in [-0.39, 0.29) is 63.5 Å². The van der Waals surface area contributed by atoms with Crippen LogP contribution in [0.25, 0.3) is 0 Å². The van der Waals surface area contributed by atoms with Crippen molar-refractivity contribution in [2.45, 2.75) is 207 Å². The number of Topliss-reactive ketones (excluding diaryl/α,β-unsaturated/α-hetero) is 1. The van der Waals surface area contributed by atoms with Crippen molar-refractivity contribution in [2.75, 3.05) is 27.4 Å². The van der Waals surface area contributed by atoms with Crippen LogP contribution in [0, 0.1) is 17.8 Å². The van der Waals surface area contributed by atoms with Crippen LogP contribution in [0.2, 0.25) is 72.5 Å². The van der Waals surface area contributed by atoms with Gasteiger partial charge in [-0.15, -0.1) is 0 Å². The Morgan fingerprint density at radius 3 is 1.48 bits per heavy atom. The molecule has 9 nitrogen and oxygen atoms in total. The second-order valence-electron chi connectivity index (χ2n) is 22.9. The van der Waals surface area contributed by atoms with Crippen molar-refractivity contribution in [1.29, 1.82) is 0 Å². The van der Waals surface area contributed by atoms with E-state index < -0.39 is 62.9 Å². The highest BCUT2D eigenvalue weighted by molar-refractivity contribution is 6.75. The molecule has 0 N–H and O–H groups in total. The van der Waals surface area contributed by atoms with Gasteiger partial charge < -0.3 is 22.4 Å². The minimum Gasteiger partial charge on any atom is -0.416 e. The van der Waals surface area contributed by atoms with E-state index in [1.807, 2.05) is 6.92 Å². The van der Waals surface area contributed by atoms with Gasteiger partial charge in [0.2, 0.25) is 5.91 Å². The van der Waals surface area contributed by atoms with Crippen LogP contribution in [0.15, 0.2) is 12.2 Å². The fraction of sp³-hybridized carbons (Fsp3) is 0.907. The van der Waals surface area contributed by atoms with Gasteiger partial charge in [-0.25, -0.2) is 5.06 Å². The molecule has 1 rings (SSSR count). The number of amides is 1. The number of ketones is 1. The first-order valence-electron chi connectivity index (χ1n) is 21.0. The summed E-state index contributed by atoms with van der Waals surface area (Å²) in [6.45, 7) is 50.8. The summed E-state index contributed by atoms with van der Waals surface area (Å²) < 4.78 is 35.5. The van der Waals surface area contributed by atoms with Crippen LogP contribution in [0.5, 0.6) is 0 Å². The van der Waals surface area contributed by atoms with Crippen molar-refractivity contribution >= 4 is 45.0 Å². The monoisotopic (exact) mass is 860 g/mol. The van der Waals surface area contributed by atoms with E-state index in [1.54, 1.807) is 7.05 Å². The van der Waals surface area contributed by atoms with Gasteiger partial charge in [0.15, 0.2) is 33.3 Å². The van der Waals surface area contributed by atoms with Crippen molar-refractivity contribution in [3.63, 3.8) is 0 Å². The van der Waals surface area contributed by atoms with E-state index in [0.29, 0.717) is 0 Å². The first kappa shape index (κ1) is 53.5. The highest BCUT2D eigenvalue weighted by atomic mass is 28.4. The Morgan fingerprint density at radius 2 is 1.11 bits per heavy atom. The molecule has 1 aliphatic heterocycles. The molecule has 0 aromatic carbocycles. The smallest absolute Gasteiger partial charge is 0.248 e. The van der Waals surface area contributed by atoms with Gasteiger partial charge in [0.05, 0.1) is 43.7 Å². The Bertz CT molecular complexity index is 1340. The minimum atomic E-state index is -2.55. The quantitative estimate of drug-likeness (QED) is 0.0517. The average Bonchev–Trinajstić information content (AvgIpc) is 3.70. The second-order valence-corrected chi connectivity index (χ2v) is 42.0. The average molecular weight is 861 g/mol. The molecular weight excluding hydrogens is 771 g/mol. The lowest BCUT2D eigenvalue weighted by Gasteiger charge is -2.46. The zero-order chi connectivity index (χ0) is 44.5. The molecule has 1 saturated heterocycles. The van der Waals surface area contributed by atoms with E-state index in [0.717, 1.165) is 0 Å². The molecule has 1 fully saturated rings. The van der Waals surface area contributed by atoms with Crippen LogP contribution in [-0.4, -0.2) is 101 Å². The molecule has 0 aromatic rings. The van der Waals surface area contributed by atoms with E-state index in [1.165, 1.54) is 12.2 Å². The van der Waals surface area contributed by atoms with Crippen molar-refractivity contribution < 1.29 is 36.9 Å². The number of hydrogen-bond acceptors (Lipinski definition) is 8. The Labute approximate surface area is 349 Å². The van der Waals surface area contributed by atoms with Crippen molar-refractivity contribution in [1.82, 2.24) is 5.06 Å². The number of hydroxylamine groups is 2. The summed E-state index contributed by atoms with van der Waals surface area (Å²) in [6.07, 6.45) is 2.67. The maximum atomic E-state index is 16.1. The second kappa shape index (κ2) is 18.6. The normalized spacial score (nSPS) is 22.1. The van der Waals surface area contributed by atoms with Crippen LogP contribution in [0.3, 0.4) is 0 Å². The predicted octanol–water partition coefficient (Wildman–Crippen LogP) is 11.4. The number of allylic oxidation sites excluding steroid dienone is 1. The molecular formula is C43H89NO8Si4. The van der Waals surface area contributed by atoms with E-state index >= 15 is 4.79 Å². The van der Waals surface area contributed by atoms with Crippen LogP contribution in [0.1, 0.15) is 110 Å². The minimum absolute atomic E-state index is 0.0353. The maximum Gasteiger partial charge on any atom is 0.248 e. The van der Waals surface area contributed by atoms with Gasteiger partial charge in [0.25, 0.3) is 0 Å². The van der Waals surface area contributed by atoms with Crippen LogP contribution < -0.4 is 0 Å². The van der Waals surface area contributed by atoms with E-state index in [9.17, 15) is 4.79 Å². The molecule has 1 heterocycles. The standard InChI is InChI=1S/C43H89NO8Si4/c1-26-27-31(2)37-43(15,50-37)38(52-56(24,25)42(12,13)14)33(30-49-54(20,21)40(6,7)8)36(46)32(29-48-53(18,19)39(3,4)5)34(28-35(45)44(16)47-17)51-55(22,23)41(9,10)11/h26-27,31-34,37-38H,28-30H2,1-25H3/b27-26-/t31-,32+,33-,34+,37+,38-,43?/m0/s1. The van der Waals surface area contributed by atoms with Gasteiger partial charge >= 0.3 is 0 Å². The van der Waals surface area contributed by atoms with Gasteiger partial charge in [-0.3, -0.25) is 14.4 Å². The number of epoxide rings is 1. The summed E-state index contributed by atoms with van der Waals surface area (Å²) in [6, 6.07) is 0. The van der Waals surface area contributed by atoms with Crippen molar-refractivity contribution in [2.24, 2.45) is 17.8 Å². The lowest BCUT2D eigenvalue weighted by molar-refractivity contribution is -0.171. The molecule has 0 aromatic heterocycles. The number of carbonyl (C=O) groups is 2. The summed E-state index contributed by atoms with van der Waals surface area (Å²) in [5, 5.41) is 0.721. The van der Waals surface area contributed by atoms with Crippen molar-refractivity contribution in [3.8, 4) is 0 Å². The molecule has 0 spiro atoms. The Balaban J connectivity index is 4.32. The summed E-state index contributed by atoms with van der Waals surface area (Å²) in [7, 11) is -6.72. The Morgan fingerprint density at radius 1 is 0.714 bits per heavy atom.